The van der Waals surface area contributed by atoms with Gasteiger partial charge in [0.1, 0.15) is 17.9 Å². The van der Waals surface area contributed by atoms with Crippen molar-refractivity contribution in [1.29, 1.82) is 0 Å². The molecule has 0 radical (unpaired) electrons. The lowest BCUT2D eigenvalue weighted by Gasteiger charge is -2.46. The number of hydrogen-bond donors (Lipinski definition) is 0. The molecule has 2 atom stereocenters. The molecule has 2 amide bonds. The molecule has 3 rings (SSSR count). The van der Waals surface area contributed by atoms with Gasteiger partial charge < -0.3 is 4.90 Å². The van der Waals surface area contributed by atoms with Crippen LogP contribution in [0.1, 0.15) is 32.6 Å². The lowest BCUT2D eigenvalue weighted by molar-refractivity contribution is -0.148. The highest BCUT2D eigenvalue weighted by molar-refractivity contribution is 6.08. The molecule has 2 saturated heterocycles. The molecular formula is C16H19FN2O2. The summed E-state index contributed by atoms with van der Waals surface area (Å²) >= 11 is 0. The number of rotatable bonds is 2. The normalized spacial score (nSPS) is 26.0. The highest BCUT2D eigenvalue weighted by atomic mass is 19.1. The lowest BCUT2D eigenvalue weighted by Crippen LogP contribution is -2.66. The molecule has 2 unspecified atom stereocenters. The molecule has 0 N–H and O–H groups in total. The monoisotopic (exact) mass is 290 g/mol. The number of benzene rings is 1. The number of hydrogen-bond acceptors (Lipinski definition) is 2. The van der Waals surface area contributed by atoms with Gasteiger partial charge in [0.05, 0.1) is 5.69 Å². The van der Waals surface area contributed by atoms with Crippen LogP contribution in [0.15, 0.2) is 24.3 Å². The van der Waals surface area contributed by atoms with E-state index in [0.29, 0.717) is 19.4 Å². The fourth-order valence-electron chi connectivity index (χ4n) is 3.36. The Hall–Kier alpha value is -1.91. The molecular weight excluding hydrogens is 271 g/mol. The Kier molecular flexibility index (Phi) is 3.66. The van der Waals surface area contributed by atoms with Crippen LogP contribution >= 0.6 is 0 Å². The topological polar surface area (TPSA) is 40.6 Å². The number of amides is 2. The third-order valence-corrected chi connectivity index (χ3v) is 4.40. The molecule has 0 aromatic heterocycles. The van der Waals surface area contributed by atoms with Gasteiger partial charge >= 0.3 is 0 Å². The molecule has 1 aromatic rings. The van der Waals surface area contributed by atoms with Crippen molar-refractivity contribution in [2.45, 2.75) is 44.7 Å². The molecule has 0 saturated carbocycles. The van der Waals surface area contributed by atoms with E-state index in [0.717, 1.165) is 12.8 Å². The van der Waals surface area contributed by atoms with Gasteiger partial charge in [0, 0.05) is 6.54 Å². The molecule has 1 aromatic carbocycles. The average Bonchev–Trinajstić information content (AvgIpc) is 2.51. The average molecular weight is 290 g/mol. The predicted molar refractivity (Wildman–Crippen MR) is 77.3 cm³/mol. The second kappa shape index (κ2) is 5.47. The van der Waals surface area contributed by atoms with Crippen molar-refractivity contribution in [3.63, 3.8) is 0 Å². The second-order valence-corrected chi connectivity index (χ2v) is 5.63. The molecule has 5 heteroatoms. The first-order valence-electron chi connectivity index (χ1n) is 7.53. The van der Waals surface area contributed by atoms with Gasteiger partial charge in [-0.2, -0.15) is 0 Å². The molecule has 0 spiro atoms. The first kappa shape index (κ1) is 14.0. The number of piperazine rings is 1. The van der Waals surface area contributed by atoms with Crippen molar-refractivity contribution in [2.24, 2.45) is 0 Å². The Morgan fingerprint density at radius 2 is 1.95 bits per heavy atom. The minimum absolute atomic E-state index is 0.0509. The number of halogens is 1. The Bertz CT molecular complexity index is 575. The summed E-state index contributed by atoms with van der Waals surface area (Å²) in [5.74, 6) is -0.655. The summed E-state index contributed by atoms with van der Waals surface area (Å²) in [5.41, 5.74) is 0.216. The van der Waals surface area contributed by atoms with E-state index in [4.69, 9.17) is 0 Å². The standard InChI is InChI=1S/C16H19FN2O2/c1-2-12-15(20)18-10-6-5-9-14(18)16(21)19(12)13-8-4-3-7-11(13)17/h3-4,7-8,12,14H,2,5-6,9-10H2,1H3. The summed E-state index contributed by atoms with van der Waals surface area (Å²) in [6.07, 6.45) is 3.03. The number of anilines is 1. The number of carbonyl (C=O) groups is 2. The maximum absolute atomic E-state index is 14.1. The number of carbonyl (C=O) groups excluding carboxylic acids is 2. The lowest BCUT2D eigenvalue weighted by atomic mass is 9.94. The van der Waals surface area contributed by atoms with Crippen molar-refractivity contribution in [3.05, 3.63) is 30.1 Å². The maximum atomic E-state index is 14.1. The van der Waals surface area contributed by atoms with Crippen molar-refractivity contribution in [1.82, 2.24) is 4.90 Å². The number of fused-ring (bicyclic) bond motifs is 1. The van der Waals surface area contributed by atoms with Gasteiger partial charge in [-0.25, -0.2) is 4.39 Å². The number of piperidine rings is 1. The zero-order valence-electron chi connectivity index (χ0n) is 12.1. The highest BCUT2D eigenvalue weighted by Gasteiger charge is 2.46. The molecule has 2 aliphatic heterocycles. The quantitative estimate of drug-likeness (QED) is 0.839. The van der Waals surface area contributed by atoms with Crippen LogP contribution in [-0.4, -0.2) is 35.3 Å². The zero-order valence-corrected chi connectivity index (χ0v) is 12.1. The van der Waals surface area contributed by atoms with Crippen LogP contribution < -0.4 is 4.90 Å². The van der Waals surface area contributed by atoms with Gasteiger partial charge in [-0.3, -0.25) is 14.5 Å². The van der Waals surface area contributed by atoms with Crippen LogP contribution in [0, 0.1) is 5.82 Å². The third kappa shape index (κ3) is 2.20. The molecule has 0 aliphatic carbocycles. The van der Waals surface area contributed by atoms with E-state index in [1.165, 1.54) is 11.0 Å². The molecule has 2 heterocycles. The van der Waals surface area contributed by atoms with E-state index in [2.05, 4.69) is 0 Å². The van der Waals surface area contributed by atoms with Crippen molar-refractivity contribution in [3.8, 4) is 0 Å². The van der Waals surface area contributed by atoms with Crippen LogP contribution in [0.5, 0.6) is 0 Å². The van der Waals surface area contributed by atoms with E-state index >= 15 is 0 Å². The molecule has 21 heavy (non-hydrogen) atoms. The summed E-state index contributed by atoms with van der Waals surface area (Å²) in [7, 11) is 0. The second-order valence-electron chi connectivity index (χ2n) is 5.63. The van der Waals surface area contributed by atoms with E-state index in [-0.39, 0.29) is 17.5 Å². The molecule has 4 nitrogen and oxygen atoms in total. The zero-order chi connectivity index (χ0) is 15.0. The van der Waals surface area contributed by atoms with Gasteiger partial charge in [0.2, 0.25) is 5.91 Å². The SMILES string of the molecule is CCC1C(=O)N2CCCCC2C(=O)N1c1ccccc1F. The Morgan fingerprint density at radius 3 is 2.67 bits per heavy atom. The maximum Gasteiger partial charge on any atom is 0.250 e. The molecule has 112 valence electrons. The van der Waals surface area contributed by atoms with Crippen LogP contribution in [0.3, 0.4) is 0 Å². The van der Waals surface area contributed by atoms with Gasteiger partial charge in [0.25, 0.3) is 5.91 Å². The van der Waals surface area contributed by atoms with Crippen molar-refractivity contribution >= 4 is 17.5 Å². The summed E-state index contributed by atoms with van der Waals surface area (Å²) < 4.78 is 14.1. The molecule has 2 aliphatic rings. The summed E-state index contributed by atoms with van der Waals surface area (Å²) in [6.45, 7) is 2.49. The Morgan fingerprint density at radius 1 is 1.19 bits per heavy atom. The molecule has 0 bridgehead atoms. The van der Waals surface area contributed by atoms with Gasteiger partial charge in [0.15, 0.2) is 0 Å². The van der Waals surface area contributed by atoms with Crippen LogP contribution in [0.25, 0.3) is 0 Å². The fourth-order valence-corrected chi connectivity index (χ4v) is 3.36. The first-order chi connectivity index (χ1) is 10.1. The number of para-hydroxylation sites is 1. The van der Waals surface area contributed by atoms with Crippen LogP contribution in [0.2, 0.25) is 0 Å². The minimum atomic E-state index is -0.594. The van der Waals surface area contributed by atoms with E-state index in [1.807, 2.05) is 6.92 Å². The van der Waals surface area contributed by atoms with Gasteiger partial charge in [-0.1, -0.05) is 19.1 Å². The smallest absolute Gasteiger partial charge is 0.250 e. The summed E-state index contributed by atoms with van der Waals surface area (Å²) in [6, 6.07) is 5.16. The third-order valence-electron chi connectivity index (χ3n) is 4.40. The van der Waals surface area contributed by atoms with Crippen LogP contribution in [-0.2, 0) is 9.59 Å². The predicted octanol–water partition coefficient (Wildman–Crippen LogP) is 2.33. The first-order valence-corrected chi connectivity index (χ1v) is 7.53. The summed E-state index contributed by atoms with van der Waals surface area (Å²) in [5, 5.41) is 0. The highest BCUT2D eigenvalue weighted by Crippen LogP contribution is 2.32. The Labute approximate surface area is 123 Å². The van der Waals surface area contributed by atoms with Gasteiger partial charge in [-0.05, 0) is 37.8 Å². The number of nitrogens with zero attached hydrogens (tertiary/aromatic N) is 2. The van der Waals surface area contributed by atoms with E-state index < -0.39 is 17.9 Å². The molecule has 2 fully saturated rings. The van der Waals surface area contributed by atoms with Gasteiger partial charge in [-0.15, -0.1) is 0 Å². The Balaban J connectivity index is 2.03. The fraction of sp³-hybridized carbons (Fsp3) is 0.500. The van der Waals surface area contributed by atoms with E-state index in [1.54, 1.807) is 23.1 Å². The minimum Gasteiger partial charge on any atom is -0.329 e. The largest absolute Gasteiger partial charge is 0.329 e. The van der Waals surface area contributed by atoms with Crippen molar-refractivity contribution < 1.29 is 14.0 Å². The summed E-state index contributed by atoms with van der Waals surface area (Å²) in [4.78, 5) is 28.5. The van der Waals surface area contributed by atoms with Crippen LogP contribution in [0.4, 0.5) is 10.1 Å². The van der Waals surface area contributed by atoms with Crippen molar-refractivity contribution in [2.75, 3.05) is 11.4 Å². The van der Waals surface area contributed by atoms with E-state index in [9.17, 15) is 14.0 Å².